The lowest BCUT2D eigenvalue weighted by atomic mass is 9.97. The van der Waals surface area contributed by atoms with Crippen molar-refractivity contribution in [3.05, 3.63) is 148 Å². The number of hydrogen-bond acceptors (Lipinski definition) is 0. The number of nitrogens with zero attached hydrogens (tertiary/aromatic N) is 1. The molecule has 0 fully saturated rings. The largest absolute Gasteiger partial charge is 0.309 e. The van der Waals surface area contributed by atoms with Gasteiger partial charge in [-0.2, -0.15) is 0 Å². The predicted octanol–water partition coefficient (Wildman–Crippen LogP) is 11.3. The molecule has 0 atom stereocenters. The van der Waals surface area contributed by atoms with Gasteiger partial charge in [-0.3, -0.25) is 0 Å². The third-order valence-electron chi connectivity index (χ3n) is 7.30. The van der Waals surface area contributed by atoms with E-state index in [2.05, 4.69) is 176 Å². The summed E-state index contributed by atoms with van der Waals surface area (Å²) < 4.78 is 4.54. The average molecular weight is 629 g/mol. The molecule has 1 heterocycles. The van der Waals surface area contributed by atoms with Crippen molar-refractivity contribution in [3.8, 4) is 39.1 Å². The van der Waals surface area contributed by atoms with Crippen molar-refractivity contribution in [2.24, 2.45) is 0 Å². The summed E-state index contributed by atoms with van der Waals surface area (Å²) in [6.07, 6.45) is 0. The maximum atomic E-state index is 3.67. The molecule has 1 aromatic heterocycles. The summed E-state index contributed by atoms with van der Waals surface area (Å²) in [5.74, 6) is 0. The Hall–Kier alpha value is -3.92. The average Bonchev–Trinajstić information content (AvgIpc) is 3.31. The Morgan fingerprint density at radius 1 is 0.385 bits per heavy atom. The van der Waals surface area contributed by atoms with Gasteiger partial charge >= 0.3 is 0 Å². The van der Waals surface area contributed by atoms with Crippen LogP contribution >= 0.6 is 31.9 Å². The molecule has 7 aromatic rings. The third kappa shape index (κ3) is 4.42. The van der Waals surface area contributed by atoms with Gasteiger partial charge in [0.25, 0.3) is 0 Å². The van der Waals surface area contributed by atoms with Crippen LogP contribution in [0.4, 0.5) is 0 Å². The summed E-state index contributed by atoms with van der Waals surface area (Å²) in [6, 6.07) is 50.1. The van der Waals surface area contributed by atoms with Gasteiger partial charge in [0.2, 0.25) is 0 Å². The molecule has 6 aromatic carbocycles. The van der Waals surface area contributed by atoms with Crippen molar-refractivity contribution in [2.45, 2.75) is 0 Å². The van der Waals surface area contributed by atoms with Crippen molar-refractivity contribution < 1.29 is 0 Å². The van der Waals surface area contributed by atoms with Gasteiger partial charge in [-0.05, 0) is 64.2 Å². The summed E-state index contributed by atoms with van der Waals surface area (Å²) in [5, 5.41) is 2.49. The van der Waals surface area contributed by atoms with Gasteiger partial charge < -0.3 is 4.57 Å². The molecular weight excluding hydrogens is 606 g/mol. The lowest BCUT2D eigenvalue weighted by Crippen LogP contribution is -1.98. The highest BCUT2D eigenvalue weighted by molar-refractivity contribution is 9.11. The number of hydrogen-bond donors (Lipinski definition) is 0. The highest BCUT2D eigenvalue weighted by Crippen LogP contribution is 2.40. The molecule has 0 aliphatic carbocycles. The minimum absolute atomic E-state index is 1.05. The smallest absolute Gasteiger partial charge is 0.0547 e. The minimum Gasteiger partial charge on any atom is -0.309 e. The van der Waals surface area contributed by atoms with Gasteiger partial charge in [0.05, 0.1) is 16.7 Å². The van der Waals surface area contributed by atoms with Crippen molar-refractivity contribution in [3.63, 3.8) is 0 Å². The van der Waals surface area contributed by atoms with Crippen molar-refractivity contribution in [1.29, 1.82) is 0 Å². The van der Waals surface area contributed by atoms with E-state index < -0.39 is 0 Å². The summed E-state index contributed by atoms with van der Waals surface area (Å²) in [7, 11) is 0. The van der Waals surface area contributed by atoms with E-state index in [1.807, 2.05) is 0 Å². The fourth-order valence-corrected chi connectivity index (χ4v) is 6.81. The molecule has 3 heteroatoms. The topological polar surface area (TPSA) is 4.93 Å². The van der Waals surface area contributed by atoms with Crippen LogP contribution in [0.25, 0.3) is 60.9 Å². The molecule has 1 nitrogen and oxygen atoms in total. The van der Waals surface area contributed by atoms with E-state index in [9.17, 15) is 0 Å². The predicted molar refractivity (Wildman–Crippen MR) is 172 cm³/mol. The normalized spacial score (nSPS) is 11.3. The second-order valence-electron chi connectivity index (χ2n) is 9.71. The fraction of sp³-hybridized carbons (Fsp3) is 0. The molecule has 7 rings (SSSR count). The Morgan fingerprint density at radius 2 is 0.974 bits per heavy atom. The molecule has 0 aliphatic rings. The maximum Gasteiger partial charge on any atom is 0.0547 e. The van der Waals surface area contributed by atoms with Crippen LogP contribution < -0.4 is 0 Å². The van der Waals surface area contributed by atoms with Crippen molar-refractivity contribution >= 4 is 53.7 Å². The number of rotatable bonds is 4. The van der Waals surface area contributed by atoms with Gasteiger partial charge in [-0.1, -0.05) is 135 Å². The van der Waals surface area contributed by atoms with E-state index in [-0.39, 0.29) is 0 Å². The van der Waals surface area contributed by atoms with E-state index >= 15 is 0 Å². The molecule has 0 saturated carbocycles. The first kappa shape index (κ1) is 24.1. The highest BCUT2D eigenvalue weighted by Gasteiger charge is 2.17. The molecule has 0 bridgehead atoms. The standard InChI is InChI=1S/C36H23Br2N/c37-29-19-28(20-30(38)23-29)27-16-18-33-32-13-7-8-14-34(32)39(36(33)22-27)35-21-26(24-9-3-1-4-10-24)15-17-31(35)25-11-5-2-6-12-25/h1-23H. The zero-order valence-corrected chi connectivity index (χ0v) is 24.2. The van der Waals surface area contributed by atoms with Crippen molar-refractivity contribution in [1.82, 2.24) is 4.57 Å². The second-order valence-corrected chi connectivity index (χ2v) is 11.5. The van der Waals surface area contributed by atoms with Crippen LogP contribution in [-0.2, 0) is 0 Å². The van der Waals surface area contributed by atoms with Crippen LogP contribution in [0.15, 0.2) is 148 Å². The SMILES string of the molecule is Brc1cc(Br)cc(-c2ccc3c4ccccc4n(-c4cc(-c5ccccc5)ccc4-c4ccccc4)c3c2)c1. The molecular formula is C36H23Br2N. The van der Waals surface area contributed by atoms with Gasteiger partial charge in [-0.15, -0.1) is 0 Å². The van der Waals surface area contributed by atoms with Crippen molar-refractivity contribution in [2.75, 3.05) is 0 Å². The Balaban J connectivity index is 1.57. The molecule has 0 spiro atoms. The van der Waals surface area contributed by atoms with Crippen LogP contribution in [0, 0.1) is 0 Å². The molecule has 0 saturated heterocycles. The van der Waals surface area contributed by atoms with Crippen LogP contribution in [0.3, 0.4) is 0 Å². The van der Waals surface area contributed by atoms with E-state index in [1.54, 1.807) is 0 Å². The number of fused-ring (bicyclic) bond motifs is 3. The lowest BCUT2D eigenvalue weighted by molar-refractivity contribution is 1.18. The zero-order valence-electron chi connectivity index (χ0n) is 21.0. The van der Waals surface area contributed by atoms with Gasteiger partial charge in [0, 0.05) is 25.3 Å². The molecule has 186 valence electrons. The number of halogens is 2. The van der Waals surface area contributed by atoms with Gasteiger partial charge in [0.1, 0.15) is 0 Å². The molecule has 0 aliphatic heterocycles. The summed E-state index contributed by atoms with van der Waals surface area (Å²) in [5.41, 5.74) is 10.7. The van der Waals surface area contributed by atoms with Gasteiger partial charge in [0.15, 0.2) is 0 Å². The second kappa shape index (κ2) is 10.00. The molecule has 0 amide bonds. The van der Waals surface area contributed by atoms with Crippen LogP contribution in [0.5, 0.6) is 0 Å². The summed E-state index contributed by atoms with van der Waals surface area (Å²) >= 11 is 7.34. The summed E-state index contributed by atoms with van der Waals surface area (Å²) in [4.78, 5) is 0. The number of para-hydroxylation sites is 1. The molecule has 39 heavy (non-hydrogen) atoms. The monoisotopic (exact) mass is 627 g/mol. The molecule has 0 unspecified atom stereocenters. The quantitative estimate of drug-likeness (QED) is 0.183. The van der Waals surface area contributed by atoms with E-state index in [0.29, 0.717) is 0 Å². The summed E-state index contributed by atoms with van der Waals surface area (Å²) in [6.45, 7) is 0. The van der Waals surface area contributed by atoms with Crippen LogP contribution in [0.1, 0.15) is 0 Å². The Morgan fingerprint density at radius 3 is 1.72 bits per heavy atom. The first-order valence-corrected chi connectivity index (χ1v) is 14.5. The minimum atomic E-state index is 1.05. The van der Waals surface area contributed by atoms with Crippen LogP contribution in [-0.4, -0.2) is 4.57 Å². The number of aromatic nitrogens is 1. The lowest BCUT2D eigenvalue weighted by Gasteiger charge is -2.16. The first-order valence-electron chi connectivity index (χ1n) is 12.9. The first-order chi connectivity index (χ1) is 19.2. The van der Waals surface area contributed by atoms with E-state index in [1.165, 1.54) is 55.3 Å². The third-order valence-corrected chi connectivity index (χ3v) is 8.22. The van der Waals surface area contributed by atoms with E-state index in [4.69, 9.17) is 0 Å². The molecule has 0 radical (unpaired) electrons. The van der Waals surface area contributed by atoms with Crippen LogP contribution in [0.2, 0.25) is 0 Å². The highest BCUT2D eigenvalue weighted by atomic mass is 79.9. The van der Waals surface area contributed by atoms with E-state index in [0.717, 1.165) is 14.5 Å². The maximum absolute atomic E-state index is 3.67. The zero-order chi connectivity index (χ0) is 26.3. The Kier molecular flexibility index (Phi) is 6.19. The fourth-order valence-electron chi connectivity index (χ4n) is 5.52. The van der Waals surface area contributed by atoms with Gasteiger partial charge in [-0.25, -0.2) is 0 Å². The molecule has 0 N–H and O–H groups in total. The Labute approximate surface area is 244 Å². The Bertz CT molecular complexity index is 1950. The number of benzene rings is 6.